The van der Waals surface area contributed by atoms with Gasteiger partial charge in [0.15, 0.2) is 0 Å². The Bertz CT molecular complexity index is 610. The smallest absolute Gasteiger partial charge is 0.320 e. The van der Waals surface area contributed by atoms with E-state index in [1.54, 1.807) is 22.7 Å². The highest BCUT2D eigenvalue weighted by atomic mass is 32.1. The highest BCUT2D eigenvalue weighted by Crippen LogP contribution is 2.27. The molecule has 2 N–H and O–H groups in total. The van der Waals surface area contributed by atoms with Crippen molar-refractivity contribution in [3.63, 3.8) is 0 Å². The van der Waals surface area contributed by atoms with E-state index in [1.165, 1.54) is 11.3 Å². The van der Waals surface area contributed by atoms with Crippen molar-refractivity contribution in [3.05, 3.63) is 62.3 Å². The van der Waals surface area contributed by atoms with Crippen LogP contribution in [0, 0.1) is 0 Å². The van der Waals surface area contributed by atoms with E-state index in [0.717, 1.165) is 15.4 Å². The van der Waals surface area contributed by atoms with Crippen LogP contribution in [0.1, 0.15) is 16.5 Å². The zero-order chi connectivity index (χ0) is 13.8. The number of carbonyl (C=O) groups excluding carboxylic acids is 1. The summed E-state index contributed by atoms with van der Waals surface area (Å²) in [7, 11) is 0. The third-order valence-electron chi connectivity index (χ3n) is 2.74. The molecule has 3 rings (SSSR count). The monoisotopic (exact) mass is 320 g/mol. The third-order valence-corrected chi connectivity index (χ3v) is 5.16. The summed E-state index contributed by atoms with van der Waals surface area (Å²) in [4.78, 5) is 13.2. The minimum Gasteiger partial charge on any atom is -0.326 e. The highest BCUT2D eigenvalue weighted by Gasteiger charge is 2.18. The van der Waals surface area contributed by atoms with Crippen molar-refractivity contribution >= 4 is 45.0 Å². The molecule has 2 amide bonds. The van der Waals surface area contributed by atoms with E-state index in [0.29, 0.717) is 0 Å². The second-order valence-electron chi connectivity index (χ2n) is 4.08. The average Bonchev–Trinajstić information content (AvgIpc) is 3.18. The summed E-state index contributed by atoms with van der Waals surface area (Å²) in [5.41, 5.74) is 1.11. The van der Waals surface area contributed by atoms with Gasteiger partial charge in [0.1, 0.15) is 0 Å². The van der Waals surface area contributed by atoms with Crippen LogP contribution in [0.25, 0.3) is 0 Å². The molecule has 0 bridgehead atoms. The molecule has 102 valence electrons. The van der Waals surface area contributed by atoms with Gasteiger partial charge >= 0.3 is 6.03 Å². The van der Waals surface area contributed by atoms with Gasteiger partial charge in [0.25, 0.3) is 0 Å². The van der Waals surface area contributed by atoms with E-state index >= 15 is 0 Å². The Labute approximate surface area is 128 Å². The van der Waals surface area contributed by atoms with Crippen LogP contribution in [0.5, 0.6) is 0 Å². The third kappa shape index (κ3) is 3.09. The lowest BCUT2D eigenvalue weighted by Crippen LogP contribution is -2.32. The van der Waals surface area contributed by atoms with Gasteiger partial charge in [-0.15, -0.1) is 22.7 Å². The maximum absolute atomic E-state index is 12.1. The molecule has 3 nitrogen and oxygen atoms in total. The van der Waals surface area contributed by atoms with Crippen molar-refractivity contribution < 1.29 is 4.79 Å². The second-order valence-corrected chi connectivity index (χ2v) is 6.79. The summed E-state index contributed by atoms with van der Waals surface area (Å²) in [5, 5.41) is 14.8. The summed E-state index contributed by atoms with van der Waals surface area (Å²) in [5.74, 6) is 0. The Hall–Kier alpha value is -1.63. The minimum absolute atomic E-state index is 0.0961. The van der Waals surface area contributed by atoms with E-state index in [-0.39, 0.29) is 12.1 Å². The minimum atomic E-state index is -0.183. The molecule has 3 aromatic rings. The number of nitrogens with one attached hydrogen (secondary N) is 2. The average molecular weight is 320 g/mol. The van der Waals surface area contributed by atoms with Gasteiger partial charge in [-0.2, -0.15) is 11.3 Å². The van der Waals surface area contributed by atoms with Gasteiger partial charge in [-0.05, 0) is 51.3 Å². The number of rotatable bonds is 4. The number of thiophene rings is 3. The highest BCUT2D eigenvalue weighted by molar-refractivity contribution is 7.14. The molecule has 20 heavy (non-hydrogen) atoms. The zero-order valence-corrected chi connectivity index (χ0v) is 12.9. The molecule has 0 saturated carbocycles. The SMILES string of the molecule is O=C(Nc1cccs1)N[C@@H](c1ccsc1)c1cccs1. The summed E-state index contributed by atoms with van der Waals surface area (Å²) in [6, 6.07) is 9.60. The molecule has 0 aliphatic heterocycles. The predicted molar refractivity (Wildman–Crippen MR) is 87.0 cm³/mol. The first-order valence-electron chi connectivity index (χ1n) is 5.99. The van der Waals surface area contributed by atoms with Gasteiger partial charge in [-0.3, -0.25) is 5.32 Å². The van der Waals surface area contributed by atoms with E-state index in [4.69, 9.17) is 0 Å². The molecular weight excluding hydrogens is 308 g/mol. The van der Waals surface area contributed by atoms with Crippen molar-refractivity contribution in [3.8, 4) is 0 Å². The summed E-state index contributed by atoms with van der Waals surface area (Å²) >= 11 is 4.78. The molecule has 0 fully saturated rings. The number of amides is 2. The Morgan fingerprint density at radius 1 is 1.05 bits per heavy atom. The molecule has 0 spiro atoms. The topological polar surface area (TPSA) is 41.1 Å². The first-order chi connectivity index (χ1) is 9.83. The van der Waals surface area contributed by atoms with Crippen molar-refractivity contribution in [2.24, 2.45) is 0 Å². The van der Waals surface area contributed by atoms with Crippen LogP contribution in [0.3, 0.4) is 0 Å². The standard InChI is InChI=1S/C14H12N2OS3/c17-14(15-12-4-2-7-20-12)16-13(10-5-8-18-9-10)11-3-1-6-19-11/h1-9,13H,(H2,15,16,17)/t13-/m0/s1. The van der Waals surface area contributed by atoms with Gasteiger partial charge < -0.3 is 5.32 Å². The molecular formula is C14H12N2OS3. The fraction of sp³-hybridized carbons (Fsp3) is 0.0714. The fourth-order valence-corrected chi connectivity index (χ4v) is 3.94. The van der Waals surface area contributed by atoms with Crippen molar-refractivity contribution in [1.82, 2.24) is 5.32 Å². The Kier molecular flexibility index (Phi) is 4.15. The molecule has 0 saturated heterocycles. The lowest BCUT2D eigenvalue weighted by molar-refractivity contribution is 0.250. The Balaban J connectivity index is 1.75. The van der Waals surface area contributed by atoms with Gasteiger partial charge in [0, 0.05) is 4.88 Å². The van der Waals surface area contributed by atoms with Crippen LogP contribution >= 0.6 is 34.0 Å². The van der Waals surface area contributed by atoms with Crippen LogP contribution in [-0.2, 0) is 0 Å². The number of carbonyl (C=O) groups is 1. The van der Waals surface area contributed by atoms with E-state index in [1.807, 2.05) is 46.5 Å². The van der Waals surface area contributed by atoms with Crippen molar-refractivity contribution in [2.75, 3.05) is 5.32 Å². The summed E-state index contributed by atoms with van der Waals surface area (Å²) < 4.78 is 0. The molecule has 0 aliphatic carbocycles. The first-order valence-corrected chi connectivity index (χ1v) is 8.69. The molecule has 0 aliphatic rings. The lowest BCUT2D eigenvalue weighted by Gasteiger charge is -2.16. The van der Waals surface area contributed by atoms with Gasteiger partial charge in [0.05, 0.1) is 11.0 Å². The van der Waals surface area contributed by atoms with Crippen molar-refractivity contribution in [1.29, 1.82) is 0 Å². The zero-order valence-electron chi connectivity index (χ0n) is 10.4. The van der Waals surface area contributed by atoms with Crippen LogP contribution in [0.15, 0.2) is 51.9 Å². The first kappa shape index (κ1) is 13.4. The molecule has 0 radical (unpaired) electrons. The predicted octanol–water partition coefficient (Wildman–Crippen LogP) is 4.78. The van der Waals surface area contributed by atoms with E-state index in [2.05, 4.69) is 16.0 Å². The maximum atomic E-state index is 12.1. The number of urea groups is 1. The molecule has 6 heteroatoms. The number of hydrogen-bond donors (Lipinski definition) is 2. The van der Waals surface area contributed by atoms with Crippen LogP contribution in [0.4, 0.5) is 9.80 Å². The Morgan fingerprint density at radius 3 is 2.55 bits per heavy atom. The van der Waals surface area contributed by atoms with Crippen LogP contribution < -0.4 is 10.6 Å². The molecule has 3 aromatic heterocycles. The quantitative estimate of drug-likeness (QED) is 0.713. The summed E-state index contributed by atoms with van der Waals surface area (Å²) in [6.07, 6.45) is 0. The fourth-order valence-electron chi connectivity index (χ4n) is 1.84. The van der Waals surface area contributed by atoms with E-state index < -0.39 is 0 Å². The van der Waals surface area contributed by atoms with Crippen LogP contribution in [-0.4, -0.2) is 6.03 Å². The largest absolute Gasteiger partial charge is 0.326 e. The lowest BCUT2D eigenvalue weighted by atomic mass is 10.1. The summed E-state index contributed by atoms with van der Waals surface area (Å²) in [6.45, 7) is 0. The molecule has 0 unspecified atom stereocenters. The molecule has 1 atom stereocenters. The number of anilines is 1. The normalized spacial score (nSPS) is 12.0. The van der Waals surface area contributed by atoms with Gasteiger partial charge in [-0.1, -0.05) is 6.07 Å². The number of hydrogen-bond acceptors (Lipinski definition) is 4. The van der Waals surface area contributed by atoms with E-state index in [9.17, 15) is 4.79 Å². The second kappa shape index (κ2) is 6.21. The van der Waals surface area contributed by atoms with Crippen LogP contribution in [0.2, 0.25) is 0 Å². The molecule has 3 heterocycles. The van der Waals surface area contributed by atoms with Gasteiger partial charge in [0.2, 0.25) is 0 Å². The molecule has 0 aromatic carbocycles. The maximum Gasteiger partial charge on any atom is 0.320 e. The van der Waals surface area contributed by atoms with Gasteiger partial charge in [-0.25, -0.2) is 4.79 Å². The van der Waals surface area contributed by atoms with Crippen molar-refractivity contribution in [2.45, 2.75) is 6.04 Å². The Morgan fingerprint density at radius 2 is 1.90 bits per heavy atom.